The maximum absolute atomic E-state index is 5.38. The average Bonchev–Trinajstić information content (AvgIpc) is 2.69. The third kappa shape index (κ3) is 2.75. The number of benzene rings is 1. The lowest BCUT2D eigenvalue weighted by Crippen LogP contribution is -1.97. The zero-order valence-corrected chi connectivity index (χ0v) is 11.8. The van der Waals surface area contributed by atoms with Crippen LogP contribution in [-0.4, -0.2) is 16.7 Å². The summed E-state index contributed by atoms with van der Waals surface area (Å²) in [7, 11) is 1.68. The zero-order chi connectivity index (χ0) is 13.0. The number of ether oxygens (including phenoxy) is 1. The third-order valence-electron chi connectivity index (χ3n) is 3.22. The van der Waals surface area contributed by atoms with Gasteiger partial charge in [0, 0.05) is 12.6 Å². The molecule has 1 N–H and O–H groups in total. The normalized spacial score (nSPS) is 11.0. The van der Waals surface area contributed by atoms with Crippen molar-refractivity contribution in [1.82, 2.24) is 9.55 Å². The van der Waals surface area contributed by atoms with Gasteiger partial charge in [0.15, 0.2) is 4.77 Å². The number of unbranched alkanes of at least 4 members (excludes halogenated alkanes) is 3. The molecular weight excluding hydrogens is 244 g/mol. The molecule has 0 aliphatic heterocycles. The van der Waals surface area contributed by atoms with E-state index in [-0.39, 0.29) is 0 Å². The van der Waals surface area contributed by atoms with Crippen molar-refractivity contribution in [1.29, 1.82) is 0 Å². The van der Waals surface area contributed by atoms with Gasteiger partial charge in [-0.15, -0.1) is 0 Å². The summed E-state index contributed by atoms with van der Waals surface area (Å²) < 4.78 is 8.20. The van der Waals surface area contributed by atoms with E-state index in [1.54, 1.807) is 7.11 Å². The van der Waals surface area contributed by atoms with Gasteiger partial charge in [0.1, 0.15) is 5.75 Å². The van der Waals surface area contributed by atoms with Crippen LogP contribution in [0.4, 0.5) is 0 Å². The van der Waals surface area contributed by atoms with Gasteiger partial charge in [-0.2, -0.15) is 0 Å². The van der Waals surface area contributed by atoms with E-state index in [4.69, 9.17) is 17.0 Å². The lowest BCUT2D eigenvalue weighted by atomic mass is 10.2. The molecule has 1 heterocycles. The fraction of sp³-hybridized carbons (Fsp3) is 0.500. The molecule has 0 amide bonds. The van der Waals surface area contributed by atoms with Crippen LogP contribution in [0, 0.1) is 4.77 Å². The van der Waals surface area contributed by atoms with Crippen molar-refractivity contribution in [2.45, 2.75) is 39.2 Å². The number of rotatable bonds is 6. The molecule has 0 aliphatic carbocycles. The summed E-state index contributed by atoms with van der Waals surface area (Å²) >= 11 is 5.38. The van der Waals surface area contributed by atoms with E-state index in [9.17, 15) is 0 Å². The Kier molecular flexibility index (Phi) is 4.42. The Morgan fingerprint density at radius 1 is 1.28 bits per heavy atom. The number of aryl methyl sites for hydroxylation is 1. The van der Waals surface area contributed by atoms with Crippen molar-refractivity contribution in [2.24, 2.45) is 0 Å². The molecule has 0 saturated heterocycles. The van der Waals surface area contributed by atoms with Gasteiger partial charge in [-0.3, -0.25) is 0 Å². The molecule has 1 aromatic carbocycles. The molecule has 2 aromatic rings. The third-order valence-corrected chi connectivity index (χ3v) is 3.54. The molecule has 3 nitrogen and oxygen atoms in total. The van der Waals surface area contributed by atoms with E-state index in [1.165, 1.54) is 25.7 Å². The molecule has 0 saturated carbocycles. The summed E-state index contributed by atoms with van der Waals surface area (Å²) in [6.07, 6.45) is 5.00. The van der Waals surface area contributed by atoms with Crippen molar-refractivity contribution >= 4 is 23.3 Å². The quantitative estimate of drug-likeness (QED) is 0.623. The highest BCUT2D eigenvalue weighted by molar-refractivity contribution is 7.71. The molecule has 0 atom stereocenters. The number of hydrogen-bond donors (Lipinski definition) is 1. The lowest BCUT2D eigenvalue weighted by Gasteiger charge is -2.04. The van der Waals surface area contributed by atoms with Crippen LogP contribution in [0.3, 0.4) is 0 Å². The first-order valence-corrected chi connectivity index (χ1v) is 6.93. The van der Waals surface area contributed by atoms with Crippen LogP contribution in [0.1, 0.15) is 32.6 Å². The summed E-state index contributed by atoms with van der Waals surface area (Å²) in [5.74, 6) is 0.858. The predicted molar refractivity (Wildman–Crippen MR) is 77.8 cm³/mol. The molecule has 0 spiro atoms. The molecule has 0 aliphatic rings. The van der Waals surface area contributed by atoms with Gasteiger partial charge < -0.3 is 14.3 Å². The monoisotopic (exact) mass is 264 g/mol. The number of aromatic nitrogens is 2. The first kappa shape index (κ1) is 13.1. The summed E-state index contributed by atoms with van der Waals surface area (Å²) in [4.78, 5) is 3.24. The minimum absolute atomic E-state index is 0.801. The van der Waals surface area contributed by atoms with Crippen LogP contribution in [0.5, 0.6) is 5.75 Å². The average molecular weight is 264 g/mol. The van der Waals surface area contributed by atoms with Crippen molar-refractivity contribution < 1.29 is 4.74 Å². The number of H-pyrrole nitrogens is 1. The van der Waals surface area contributed by atoms with E-state index in [0.717, 1.165) is 28.1 Å². The number of nitrogens with zero attached hydrogens (tertiary/aromatic N) is 1. The van der Waals surface area contributed by atoms with E-state index in [2.05, 4.69) is 22.5 Å². The molecule has 0 unspecified atom stereocenters. The Labute approximate surface area is 113 Å². The SMILES string of the molecule is CCCCCCn1c(=S)[nH]c2cc(OC)ccc21. The Morgan fingerprint density at radius 3 is 2.83 bits per heavy atom. The van der Waals surface area contributed by atoms with Crippen LogP contribution < -0.4 is 4.74 Å². The second-order valence-electron chi connectivity index (χ2n) is 4.53. The van der Waals surface area contributed by atoms with Crippen molar-refractivity contribution in [3.8, 4) is 5.75 Å². The highest BCUT2D eigenvalue weighted by Crippen LogP contribution is 2.21. The van der Waals surface area contributed by atoms with Crippen molar-refractivity contribution in [3.05, 3.63) is 23.0 Å². The fourth-order valence-corrected chi connectivity index (χ4v) is 2.49. The molecule has 4 heteroatoms. The Morgan fingerprint density at radius 2 is 2.11 bits per heavy atom. The topological polar surface area (TPSA) is 29.9 Å². The van der Waals surface area contributed by atoms with Gasteiger partial charge in [-0.05, 0) is 30.8 Å². The maximum atomic E-state index is 5.38. The van der Waals surface area contributed by atoms with Gasteiger partial charge in [-0.25, -0.2) is 0 Å². The van der Waals surface area contributed by atoms with Crippen LogP contribution in [0.25, 0.3) is 11.0 Å². The van der Waals surface area contributed by atoms with E-state index in [1.807, 2.05) is 12.1 Å². The van der Waals surface area contributed by atoms with E-state index in [0.29, 0.717) is 0 Å². The number of imidazole rings is 1. The van der Waals surface area contributed by atoms with Gasteiger partial charge in [-0.1, -0.05) is 26.2 Å². The van der Waals surface area contributed by atoms with Crippen molar-refractivity contribution in [3.63, 3.8) is 0 Å². The second kappa shape index (κ2) is 6.05. The largest absolute Gasteiger partial charge is 0.497 e. The number of aromatic amines is 1. The highest BCUT2D eigenvalue weighted by atomic mass is 32.1. The lowest BCUT2D eigenvalue weighted by molar-refractivity contribution is 0.415. The van der Waals surface area contributed by atoms with Gasteiger partial charge >= 0.3 is 0 Å². The summed E-state index contributed by atoms with van der Waals surface area (Å²) in [6.45, 7) is 3.22. The molecule has 2 rings (SSSR count). The number of hydrogen-bond acceptors (Lipinski definition) is 2. The molecule has 1 aromatic heterocycles. The smallest absolute Gasteiger partial charge is 0.178 e. The zero-order valence-electron chi connectivity index (χ0n) is 11.0. The first-order valence-electron chi connectivity index (χ1n) is 6.53. The standard InChI is InChI=1S/C14H20N2OS/c1-3-4-5-6-9-16-13-8-7-11(17-2)10-12(13)15-14(16)18/h7-8,10H,3-6,9H2,1-2H3,(H,15,18). The van der Waals surface area contributed by atoms with Crippen LogP contribution in [-0.2, 0) is 6.54 Å². The minimum atomic E-state index is 0.801. The Balaban J connectivity index is 2.22. The van der Waals surface area contributed by atoms with Crippen LogP contribution >= 0.6 is 12.2 Å². The minimum Gasteiger partial charge on any atom is -0.497 e. The summed E-state index contributed by atoms with van der Waals surface area (Å²) in [5.41, 5.74) is 2.21. The first-order chi connectivity index (χ1) is 8.76. The van der Waals surface area contributed by atoms with Crippen LogP contribution in [0.2, 0.25) is 0 Å². The highest BCUT2D eigenvalue weighted by Gasteiger charge is 2.05. The molecule has 0 bridgehead atoms. The Hall–Kier alpha value is -1.29. The molecule has 0 radical (unpaired) electrons. The van der Waals surface area contributed by atoms with Crippen LogP contribution in [0.15, 0.2) is 18.2 Å². The maximum Gasteiger partial charge on any atom is 0.178 e. The fourth-order valence-electron chi connectivity index (χ4n) is 2.19. The van der Waals surface area contributed by atoms with Gasteiger partial charge in [0.2, 0.25) is 0 Å². The van der Waals surface area contributed by atoms with E-state index < -0.39 is 0 Å². The van der Waals surface area contributed by atoms with Crippen molar-refractivity contribution in [2.75, 3.05) is 7.11 Å². The molecule has 18 heavy (non-hydrogen) atoms. The Bertz CT molecular complexity index is 571. The molecule has 0 fully saturated rings. The summed E-state index contributed by atoms with van der Waals surface area (Å²) in [6, 6.07) is 6.04. The van der Waals surface area contributed by atoms with Gasteiger partial charge in [0.05, 0.1) is 18.1 Å². The number of nitrogens with one attached hydrogen (secondary N) is 1. The molecule has 98 valence electrons. The predicted octanol–water partition coefficient (Wildman–Crippen LogP) is 4.29. The van der Waals surface area contributed by atoms with E-state index >= 15 is 0 Å². The second-order valence-corrected chi connectivity index (χ2v) is 4.91. The van der Waals surface area contributed by atoms with Gasteiger partial charge in [0.25, 0.3) is 0 Å². The molecular formula is C14H20N2OS. The summed E-state index contributed by atoms with van der Waals surface area (Å²) in [5, 5.41) is 0. The number of methoxy groups -OCH3 is 1. The number of fused-ring (bicyclic) bond motifs is 1.